The molecule has 7 nitrogen and oxygen atoms in total. The van der Waals surface area contributed by atoms with Crippen molar-refractivity contribution in [3.05, 3.63) is 70.7 Å². The highest BCUT2D eigenvalue weighted by atomic mass is 35.5. The normalized spacial score (nSPS) is 15.8. The first-order valence-electron chi connectivity index (χ1n) is 9.29. The van der Waals surface area contributed by atoms with Crippen molar-refractivity contribution >= 4 is 46.7 Å². The first-order chi connectivity index (χ1) is 14.4. The molecule has 9 heteroatoms. The maximum absolute atomic E-state index is 12.4. The third kappa shape index (κ3) is 5.77. The quantitative estimate of drug-likeness (QED) is 0.542. The molecule has 2 N–H and O–H groups in total. The van der Waals surface area contributed by atoms with E-state index in [1.165, 1.54) is 11.0 Å². The fourth-order valence-corrected chi connectivity index (χ4v) is 3.49. The summed E-state index contributed by atoms with van der Waals surface area (Å²) in [6.07, 6.45) is -0.189. The van der Waals surface area contributed by atoms with E-state index in [1.54, 1.807) is 18.2 Å². The lowest BCUT2D eigenvalue weighted by Crippen LogP contribution is -2.60. The number of carbonyl (C=O) groups is 3. The van der Waals surface area contributed by atoms with Crippen LogP contribution in [0.4, 0.5) is 0 Å². The monoisotopic (exact) mass is 445 g/mol. The molecule has 0 aromatic heterocycles. The first-order valence-corrected chi connectivity index (χ1v) is 10.1. The number of ether oxygens (including phenoxy) is 1. The zero-order valence-corrected chi connectivity index (χ0v) is 17.5. The number of nitrogens with zero attached hydrogens (tertiary/aromatic N) is 1. The number of thiocarbonyl (C=S) groups is 1. The number of halogens is 1. The predicted molar refractivity (Wildman–Crippen MR) is 116 cm³/mol. The second kappa shape index (κ2) is 10.2. The largest absolute Gasteiger partial charge is 0.461 e. The Labute approximate surface area is 184 Å². The standard InChI is InChI=1S/C21H20ClN3O4S/c22-16-8-4-7-15(11-16)19(27)24-21(30)25-10-9-23-20(28)17(25)12-18(26)29-13-14-5-2-1-3-6-14/h1-8,11,17H,9-10,12-13H2,(H,23,28)(H,24,27,30). The number of amides is 2. The molecule has 1 unspecified atom stereocenters. The van der Waals surface area contributed by atoms with Crippen molar-refractivity contribution in [2.24, 2.45) is 0 Å². The number of nitrogens with one attached hydrogen (secondary N) is 2. The van der Waals surface area contributed by atoms with E-state index in [-0.39, 0.29) is 24.0 Å². The van der Waals surface area contributed by atoms with E-state index < -0.39 is 17.9 Å². The van der Waals surface area contributed by atoms with Crippen molar-refractivity contribution in [3.63, 3.8) is 0 Å². The molecule has 2 aromatic rings. The number of benzene rings is 2. The van der Waals surface area contributed by atoms with Gasteiger partial charge in [0.15, 0.2) is 5.11 Å². The highest BCUT2D eigenvalue weighted by Crippen LogP contribution is 2.14. The van der Waals surface area contributed by atoms with Crippen molar-refractivity contribution in [1.82, 2.24) is 15.5 Å². The Morgan fingerprint density at radius 3 is 2.70 bits per heavy atom. The second-order valence-corrected chi connectivity index (χ2v) is 7.44. The van der Waals surface area contributed by atoms with Crippen LogP contribution in [0.2, 0.25) is 5.02 Å². The maximum Gasteiger partial charge on any atom is 0.308 e. The zero-order chi connectivity index (χ0) is 21.5. The van der Waals surface area contributed by atoms with Gasteiger partial charge in [-0.15, -0.1) is 0 Å². The van der Waals surface area contributed by atoms with Crippen molar-refractivity contribution in [2.45, 2.75) is 19.1 Å². The van der Waals surface area contributed by atoms with Crippen molar-refractivity contribution in [2.75, 3.05) is 13.1 Å². The average Bonchev–Trinajstić information content (AvgIpc) is 2.74. The molecule has 30 heavy (non-hydrogen) atoms. The van der Waals surface area contributed by atoms with Gasteiger partial charge in [0, 0.05) is 23.7 Å². The molecule has 1 saturated heterocycles. The predicted octanol–water partition coefficient (Wildman–Crippen LogP) is 2.29. The number of piperazine rings is 1. The molecular weight excluding hydrogens is 426 g/mol. The van der Waals surface area contributed by atoms with E-state index >= 15 is 0 Å². The summed E-state index contributed by atoms with van der Waals surface area (Å²) >= 11 is 11.3. The Morgan fingerprint density at radius 2 is 1.97 bits per heavy atom. The molecule has 3 rings (SSSR count). The van der Waals surface area contributed by atoms with Gasteiger partial charge in [-0.05, 0) is 36.0 Å². The van der Waals surface area contributed by atoms with Crippen LogP contribution in [0.15, 0.2) is 54.6 Å². The lowest BCUT2D eigenvalue weighted by molar-refractivity contribution is -0.148. The zero-order valence-electron chi connectivity index (χ0n) is 16.0. The summed E-state index contributed by atoms with van der Waals surface area (Å²) in [5.41, 5.74) is 1.19. The van der Waals surface area contributed by atoms with Crippen LogP contribution in [0, 0.1) is 0 Å². The van der Waals surface area contributed by atoms with Crippen LogP contribution in [0.5, 0.6) is 0 Å². The van der Waals surface area contributed by atoms with Crippen LogP contribution in [0.25, 0.3) is 0 Å². The van der Waals surface area contributed by atoms with E-state index in [4.69, 9.17) is 28.6 Å². The van der Waals surface area contributed by atoms with Crippen molar-refractivity contribution < 1.29 is 19.1 Å². The SMILES string of the molecule is O=C(CC1C(=O)NCCN1C(=S)NC(=O)c1cccc(Cl)c1)OCc1ccccc1. The minimum absolute atomic E-state index is 0.0654. The number of esters is 1. The third-order valence-electron chi connectivity index (χ3n) is 4.50. The maximum atomic E-state index is 12.4. The molecule has 1 fully saturated rings. The molecule has 0 spiro atoms. The summed E-state index contributed by atoms with van der Waals surface area (Å²) in [5.74, 6) is -1.33. The van der Waals surface area contributed by atoms with Crippen molar-refractivity contribution in [1.29, 1.82) is 0 Å². The fraction of sp³-hybridized carbons (Fsp3) is 0.238. The molecule has 156 valence electrons. The van der Waals surface area contributed by atoms with E-state index in [2.05, 4.69) is 10.6 Å². The van der Waals surface area contributed by atoms with Gasteiger partial charge in [-0.1, -0.05) is 48.0 Å². The van der Waals surface area contributed by atoms with E-state index in [9.17, 15) is 14.4 Å². The van der Waals surface area contributed by atoms with Crippen LogP contribution in [-0.4, -0.2) is 46.9 Å². The molecule has 2 aromatic carbocycles. The Morgan fingerprint density at radius 1 is 1.20 bits per heavy atom. The van der Waals surface area contributed by atoms with Crippen LogP contribution in [0.1, 0.15) is 22.3 Å². The number of hydrogen-bond donors (Lipinski definition) is 2. The van der Waals surface area contributed by atoms with Crippen LogP contribution < -0.4 is 10.6 Å². The Bertz CT molecular complexity index is 954. The summed E-state index contributed by atoms with van der Waals surface area (Å²) in [5, 5.41) is 5.80. The lowest BCUT2D eigenvalue weighted by Gasteiger charge is -2.36. The van der Waals surface area contributed by atoms with Gasteiger partial charge in [-0.3, -0.25) is 19.7 Å². The Kier molecular flexibility index (Phi) is 7.37. The van der Waals surface area contributed by atoms with Gasteiger partial charge in [0.05, 0.1) is 6.42 Å². The molecule has 2 amide bonds. The molecule has 1 heterocycles. The van der Waals surface area contributed by atoms with Gasteiger partial charge >= 0.3 is 5.97 Å². The summed E-state index contributed by atoms with van der Waals surface area (Å²) in [4.78, 5) is 38.6. The van der Waals surface area contributed by atoms with E-state index in [0.29, 0.717) is 23.7 Å². The van der Waals surface area contributed by atoms with Crippen LogP contribution in [0.3, 0.4) is 0 Å². The molecule has 1 atom stereocenters. The van der Waals surface area contributed by atoms with Crippen molar-refractivity contribution in [3.8, 4) is 0 Å². The van der Waals surface area contributed by atoms with E-state index in [0.717, 1.165) is 5.56 Å². The molecule has 0 saturated carbocycles. The Balaban J connectivity index is 1.62. The highest BCUT2D eigenvalue weighted by molar-refractivity contribution is 7.80. The fourth-order valence-electron chi connectivity index (χ4n) is 2.99. The second-order valence-electron chi connectivity index (χ2n) is 6.62. The minimum atomic E-state index is -0.866. The van der Waals surface area contributed by atoms with Gasteiger partial charge in [-0.25, -0.2) is 0 Å². The molecular formula is C21H20ClN3O4S. The minimum Gasteiger partial charge on any atom is -0.461 e. The number of rotatable bonds is 5. The summed E-state index contributed by atoms with van der Waals surface area (Å²) in [7, 11) is 0. The van der Waals surface area contributed by atoms with Gasteiger partial charge in [0.25, 0.3) is 5.91 Å². The smallest absolute Gasteiger partial charge is 0.308 e. The molecule has 1 aliphatic rings. The molecule has 0 bridgehead atoms. The van der Waals surface area contributed by atoms with Gasteiger partial charge in [0.1, 0.15) is 12.6 Å². The van der Waals surface area contributed by atoms with Gasteiger partial charge in [0.2, 0.25) is 5.91 Å². The van der Waals surface area contributed by atoms with Gasteiger partial charge in [-0.2, -0.15) is 0 Å². The van der Waals surface area contributed by atoms with Crippen LogP contribution >= 0.6 is 23.8 Å². The third-order valence-corrected chi connectivity index (χ3v) is 5.07. The average molecular weight is 446 g/mol. The summed E-state index contributed by atoms with van der Waals surface area (Å²) in [6.45, 7) is 0.822. The summed E-state index contributed by atoms with van der Waals surface area (Å²) < 4.78 is 5.28. The lowest BCUT2D eigenvalue weighted by atomic mass is 10.1. The van der Waals surface area contributed by atoms with E-state index in [1.807, 2.05) is 30.3 Å². The molecule has 1 aliphatic heterocycles. The van der Waals surface area contributed by atoms with Gasteiger partial charge < -0.3 is 15.0 Å². The topological polar surface area (TPSA) is 87.7 Å². The number of carbonyl (C=O) groups excluding carboxylic acids is 3. The molecule has 0 radical (unpaired) electrons. The van der Waals surface area contributed by atoms with Crippen LogP contribution in [-0.2, 0) is 20.9 Å². The molecule has 0 aliphatic carbocycles. The summed E-state index contributed by atoms with van der Waals surface area (Å²) in [6, 6.07) is 14.8. The first kappa shape index (κ1) is 21.7. The Hall–Kier alpha value is -2.97. The highest BCUT2D eigenvalue weighted by Gasteiger charge is 2.34. The number of hydrogen-bond acceptors (Lipinski definition) is 5.